The molecule has 0 saturated carbocycles. The first-order valence-electron chi connectivity index (χ1n) is 11.5. The third-order valence-electron chi connectivity index (χ3n) is 6.30. The summed E-state index contributed by atoms with van der Waals surface area (Å²) < 4.78 is 24.6. The topological polar surface area (TPSA) is 76.1 Å². The number of aliphatic hydroxyl groups is 1. The van der Waals surface area contributed by atoms with E-state index < -0.39 is 29.3 Å². The van der Waals surface area contributed by atoms with Crippen molar-refractivity contribution in [2.45, 2.75) is 32.2 Å². The summed E-state index contributed by atoms with van der Waals surface area (Å²) in [6.07, 6.45) is 0. The van der Waals surface area contributed by atoms with Gasteiger partial charge in [-0.15, -0.1) is 0 Å². The van der Waals surface area contributed by atoms with Crippen LogP contribution in [0.4, 0.5) is 10.1 Å². The molecule has 4 rings (SSSR count). The van der Waals surface area contributed by atoms with E-state index >= 15 is 0 Å². The van der Waals surface area contributed by atoms with E-state index in [-0.39, 0.29) is 22.3 Å². The SMILES string of the molecule is COc1ccc(N2C(=O)C(=O)/C(=C(/O)c3cc(F)ccc3OC)C2c2ccc(C(C)(C)C)cc2)cc1. The van der Waals surface area contributed by atoms with Gasteiger partial charge < -0.3 is 14.6 Å². The van der Waals surface area contributed by atoms with E-state index in [1.54, 1.807) is 24.3 Å². The number of benzene rings is 3. The van der Waals surface area contributed by atoms with Crippen molar-refractivity contribution in [2.24, 2.45) is 0 Å². The second-order valence-corrected chi connectivity index (χ2v) is 9.58. The van der Waals surface area contributed by atoms with Crippen molar-refractivity contribution < 1.29 is 28.6 Å². The molecule has 6 nitrogen and oxygen atoms in total. The Bertz CT molecular complexity index is 1340. The zero-order chi connectivity index (χ0) is 26.2. The largest absolute Gasteiger partial charge is 0.507 e. The predicted octanol–water partition coefficient (Wildman–Crippen LogP) is 5.77. The fourth-order valence-electron chi connectivity index (χ4n) is 4.33. The molecule has 0 aliphatic carbocycles. The molecule has 1 aliphatic heterocycles. The number of ether oxygens (including phenoxy) is 2. The quantitative estimate of drug-likeness (QED) is 0.280. The maximum atomic E-state index is 14.1. The van der Waals surface area contributed by atoms with Crippen LogP contribution in [0, 0.1) is 5.82 Å². The van der Waals surface area contributed by atoms with E-state index in [9.17, 15) is 19.1 Å². The van der Waals surface area contributed by atoms with E-state index in [1.807, 2.05) is 24.3 Å². The molecule has 0 bridgehead atoms. The minimum absolute atomic E-state index is 0.0125. The van der Waals surface area contributed by atoms with Gasteiger partial charge >= 0.3 is 0 Å². The van der Waals surface area contributed by atoms with Crippen LogP contribution < -0.4 is 14.4 Å². The third-order valence-corrected chi connectivity index (χ3v) is 6.30. The van der Waals surface area contributed by atoms with Gasteiger partial charge in [-0.25, -0.2) is 4.39 Å². The Labute approximate surface area is 209 Å². The number of anilines is 1. The van der Waals surface area contributed by atoms with Gasteiger partial charge in [-0.1, -0.05) is 45.0 Å². The zero-order valence-electron chi connectivity index (χ0n) is 20.8. The van der Waals surface area contributed by atoms with Gasteiger partial charge in [-0.3, -0.25) is 14.5 Å². The summed E-state index contributed by atoms with van der Waals surface area (Å²) in [6.45, 7) is 6.25. The molecule has 0 radical (unpaired) electrons. The van der Waals surface area contributed by atoms with Crippen molar-refractivity contribution in [3.8, 4) is 11.5 Å². The van der Waals surface area contributed by atoms with Gasteiger partial charge in [-0.2, -0.15) is 0 Å². The van der Waals surface area contributed by atoms with Crippen LogP contribution in [-0.2, 0) is 15.0 Å². The van der Waals surface area contributed by atoms with Gasteiger partial charge in [0.05, 0.1) is 31.4 Å². The van der Waals surface area contributed by atoms with Crippen LogP contribution in [0.2, 0.25) is 0 Å². The molecular formula is C29H28FNO5. The number of ketones is 1. The second-order valence-electron chi connectivity index (χ2n) is 9.58. The maximum absolute atomic E-state index is 14.1. The average Bonchev–Trinajstić information content (AvgIpc) is 3.13. The number of hydrogen-bond donors (Lipinski definition) is 1. The van der Waals surface area contributed by atoms with Crippen LogP contribution in [-0.4, -0.2) is 31.0 Å². The fourth-order valence-corrected chi connectivity index (χ4v) is 4.33. The molecule has 3 aromatic carbocycles. The van der Waals surface area contributed by atoms with Crippen LogP contribution in [0.3, 0.4) is 0 Å². The van der Waals surface area contributed by atoms with Crippen molar-refractivity contribution in [3.05, 3.63) is 94.8 Å². The Morgan fingerprint density at radius 1 is 0.917 bits per heavy atom. The molecule has 1 unspecified atom stereocenters. The van der Waals surface area contributed by atoms with E-state index in [2.05, 4.69) is 20.8 Å². The number of carbonyl (C=O) groups excluding carboxylic acids is 2. The summed E-state index contributed by atoms with van der Waals surface area (Å²) in [4.78, 5) is 28.0. The number of halogens is 1. The van der Waals surface area contributed by atoms with E-state index in [1.165, 1.54) is 31.3 Å². The van der Waals surface area contributed by atoms with Gasteiger partial charge in [0.2, 0.25) is 0 Å². The Kier molecular flexibility index (Phi) is 6.59. The molecule has 1 atom stereocenters. The number of aliphatic hydroxyl groups excluding tert-OH is 1. The molecule has 1 amide bonds. The van der Waals surface area contributed by atoms with Crippen LogP contribution in [0.1, 0.15) is 43.5 Å². The smallest absolute Gasteiger partial charge is 0.300 e. The highest BCUT2D eigenvalue weighted by Crippen LogP contribution is 2.44. The normalized spacial score (nSPS) is 17.4. The molecular weight excluding hydrogens is 461 g/mol. The summed E-state index contributed by atoms with van der Waals surface area (Å²) in [6, 6.07) is 16.9. The number of Topliss-reactive ketones (excluding diaryl/α,β-unsaturated/α-hetero) is 1. The van der Waals surface area contributed by atoms with Crippen molar-refractivity contribution in [3.63, 3.8) is 0 Å². The number of nitrogens with zero attached hydrogens (tertiary/aromatic N) is 1. The van der Waals surface area contributed by atoms with Crippen LogP contribution >= 0.6 is 0 Å². The van der Waals surface area contributed by atoms with E-state index in [0.29, 0.717) is 17.0 Å². The summed E-state index contributed by atoms with van der Waals surface area (Å²) in [7, 11) is 2.91. The molecule has 1 saturated heterocycles. The third kappa shape index (κ3) is 4.44. The summed E-state index contributed by atoms with van der Waals surface area (Å²) >= 11 is 0. The summed E-state index contributed by atoms with van der Waals surface area (Å²) in [5.41, 5.74) is 1.87. The Hall–Kier alpha value is -4.13. The highest BCUT2D eigenvalue weighted by atomic mass is 19.1. The minimum Gasteiger partial charge on any atom is -0.507 e. The lowest BCUT2D eigenvalue weighted by Gasteiger charge is -2.27. The van der Waals surface area contributed by atoms with Gasteiger partial charge in [0, 0.05) is 5.69 Å². The zero-order valence-corrected chi connectivity index (χ0v) is 20.8. The van der Waals surface area contributed by atoms with Crippen molar-refractivity contribution >= 4 is 23.1 Å². The van der Waals surface area contributed by atoms with Gasteiger partial charge in [-0.05, 0) is 59.0 Å². The average molecular weight is 490 g/mol. The molecule has 0 spiro atoms. The summed E-state index contributed by atoms with van der Waals surface area (Å²) in [5, 5.41) is 11.3. The molecule has 1 aliphatic rings. The monoisotopic (exact) mass is 489 g/mol. The lowest BCUT2D eigenvalue weighted by molar-refractivity contribution is -0.132. The molecule has 1 N–H and O–H groups in total. The van der Waals surface area contributed by atoms with Gasteiger partial charge in [0.1, 0.15) is 23.1 Å². The Morgan fingerprint density at radius 3 is 2.11 bits per heavy atom. The number of methoxy groups -OCH3 is 2. The standard InChI is InChI=1S/C29H28FNO5/c1-29(2,3)18-8-6-17(7-9-18)25-24(26(32)22-16-19(30)10-15-23(22)36-5)27(33)28(34)31(25)20-11-13-21(35-4)14-12-20/h6-16,25,32H,1-5H3/b26-24+. The molecule has 1 heterocycles. The first kappa shape index (κ1) is 25.0. The van der Waals surface area contributed by atoms with E-state index in [0.717, 1.165) is 11.6 Å². The minimum atomic E-state index is -0.944. The highest BCUT2D eigenvalue weighted by molar-refractivity contribution is 6.51. The fraction of sp³-hybridized carbons (Fsp3) is 0.241. The second kappa shape index (κ2) is 9.49. The Balaban J connectivity index is 1.95. The maximum Gasteiger partial charge on any atom is 0.300 e. The molecule has 186 valence electrons. The number of hydrogen-bond acceptors (Lipinski definition) is 5. The molecule has 0 aromatic heterocycles. The first-order valence-corrected chi connectivity index (χ1v) is 11.5. The van der Waals surface area contributed by atoms with Crippen LogP contribution in [0.25, 0.3) is 5.76 Å². The first-order chi connectivity index (χ1) is 17.1. The van der Waals surface area contributed by atoms with E-state index in [4.69, 9.17) is 9.47 Å². The highest BCUT2D eigenvalue weighted by Gasteiger charge is 2.47. The molecule has 1 fully saturated rings. The lowest BCUT2D eigenvalue weighted by atomic mass is 9.85. The number of amides is 1. The summed E-state index contributed by atoms with van der Waals surface area (Å²) in [5.74, 6) is -2.04. The van der Waals surface area contributed by atoms with Crippen molar-refractivity contribution in [1.82, 2.24) is 0 Å². The number of rotatable bonds is 5. The van der Waals surface area contributed by atoms with Crippen LogP contribution in [0.15, 0.2) is 72.3 Å². The van der Waals surface area contributed by atoms with Crippen molar-refractivity contribution in [2.75, 3.05) is 19.1 Å². The molecule has 7 heteroatoms. The number of carbonyl (C=O) groups is 2. The van der Waals surface area contributed by atoms with Gasteiger partial charge in [0.15, 0.2) is 0 Å². The van der Waals surface area contributed by atoms with Crippen LogP contribution in [0.5, 0.6) is 11.5 Å². The molecule has 36 heavy (non-hydrogen) atoms. The molecule has 3 aromatic rings. The van der Waals surface area contributed by atoms with Gasteiger partial charge in [0.25, 0.3) is 11.7 Å². The Morgan fingerprint density at radius 2 is 1.56 bits per heavy atom. The predicted molar refractivity (Wildman–Crippen MR) is 136 cm³/mol. The van der Waals surface area contributed by atoms with Crippen molar-refractivity contribution in [1.29, 1.82) is 0 Å². The lowest BCUT2D eigenvalue weighted by Crippen LogP contribution is -2.29.